The Balaban J connectivity index is -0.000000180. The second-order valence-corrected chi connectivity index (χ2v) is 1.22. The van der Waals surface area contributed by atoms with Crippen LogP contribution in [0.3, 0.4) is 0 Å². The summed E-state index contributed by atoms with van der Waals surface area (Å²) < 4.78 is 0. The minimum Gasteiger partial charge on any atom is -0.674 e. The molecule has 0 saturated carbocycles. The van der Waals surface area contributed by atoms with Crippen molar-refractivity contribution in [1.82, 2.24) is 0 Å². The molecule has 0 saturated heterocycles. The van der Waals surface area contributed by atoms with Crippen molar-refractivity contribution in [1.29, 1.82) is 0 Å². The summed E-state index contributed by atoms with van der Waals surface area (Å²) in [6.45, 7) is 1.66. The fourth-order valence-corrected chi connectivity index (χ4v) is 0.225. The van der Waals surface area contributed by atoms with E-state index in [2.05, 4.69) is 0 Å². The SMILES string of the molecule is CC(=O)/C=C/C[NH-].[Rb+].[Rb+]. The van der Waals surface area contributed by atoms with Gasteiger partial charge in [-0.05, 0) is 13.0 Å². The molecule has 0 bridgehead atoms. The number of allylic oxidation sites excluding steroid dienone is 1. The van der Waals surface area contributed by atoms with E-state index in [0.29, 0.717) is 0 Å². The number of carbonyl (C=O) groups is 1. The molecule has 0 fully saturated rings. The molecule has 0 aliphatic heterocycles. The van der Waals surface area contributed by atoms with Crippen molar-refractivity contribution in [2.75, 3.05) is 6.54 Å². The Morgan fingerprint density at radius 2 is 2.00 bits per heavy atom. The van der Waals surface area contributed by atoms with Crippen molar-refractivity contribution in [2.45, 2.75) is 6.92 Å². The Kier molecular flexibility index (Phi) is 27.0. The molecule has 0 aliphatic rings. The van der Waals surface area contributed by atoms with Gasteiger partial charge in [-0.1, -0.05) is 0 Å². The van der Waals surface area contributed by atoms with E-state index in [1.807, 2.05) is 0 Å². The third kappa shape index (κ3) is 18.2. The van der Waals surface area contributed by atoms with E-state index in [1.165, 1.54) is 19.1 Å². The monoisotopic (exact) mass is 268 g/mol. The second-order valence-electron chi connectivity index (χ2n) is 1.22. The Bertz CT molecular complexity index is 93.0. The minimum atomic E-state index is 0. The maximum Gasteiger partial charge on any atom is 1.00 e. The number of carbonyl (C=O) groups excluding carboxylic acids is 1. The topological polar surface area (TPSA) is 40.9 Å². The number of hydrogen-bond donors (Lipinski definition) is 0. The number of rotatable bonds is 2. The summed E-state index contributed by atoms with van der Waals surface area (Å²) in [4.78, 5) is 10.0. The van der Waals surface area contributed by atoms with Crippen molar-refractivity contribution in [3.63, 3.8) is 0 Å². The first kappa shape index (κ1) is 17.9. The first-order valence-corrected chi connectivity index (χ1v) is 2.09. The standard InChI is InChI=1S/C5H8NO.2Rb/c1-5(7)3-2-4-6;;/h2-3,6H,4H2,1H3;;/q-1;2*+1/b3-2+;;. The van der Waals surface area contributed by atoms with E-state index in [-0.39, 0.29) is 129 Å². The molecule has 0 aromatic heterocycles. The van der Waals surface area contributed by atoms with E-state index >= 15 is 0 Å². The van der Waals surface area contributed by atoms with Gasteiger partial charge in [0.1, 0.15) is 0 Å². The quantitative estimate of drug-likeness (QED) is 0.464. The van der Waals surface area contributed by atoms with Crippen LogP contribution in [0.1, 0.15) is 6.92 Å². The van der Waals surface area contributed by atoms with Crippen molar-refractivity contribution >= 4 is 5.78 Å². The van der Waals surface area contributed by atoms with E-state index in [4.69, 9.17) is 5.73 Å². The average molecular weight is 269 g/mol. The van der Waals surface area contributed by atoms with Crippen molar-refractivity contribution in [3.8, 4) is 0 Å². The maximum atomic E-state index is 10.0. The van der Waals surface area contributed by atoms with Crippen LogP contribution < -0.4 is 116 Å². The van der Waals surface area contributed by atoms with Crippen LogP contribution >= 0.6 is 0 Å². The van der Waals surface area contributed by atoms with E-state index in [0.717, 1.165) is 0 Å². The van der Waals surface area contributed by atoms with Crippen LogP contribution in [-0.4, -0.2) is 12.3 Å². The van der Waals surface area contributed by atoms with Gasteiger partial charge in [0.05, 0.1) is 0 Å². The Morgan fingerprint density at radius 3 is 2.11 bits per heavy atom. The molecule has 0 rings (SSSR count). The van der Waals surface area contributed by atoms with Crippen LogP contribution in [0.2, 0.25) is 0 Å². The third-order valence-corrected chi connectivity index (χ3v) is 0.470. The van der Waals surface area contributed by atoms with Crippen LogP contribution in [0.25, 0.3) is 5.73 Å². The summed E-state index contributed by atoms with van der Waals surface area (Å²) in [5.41, 5.74) is 6.56. The largest absolute Gasteiger partial charge is 1.00 e. The van der Waals surface area contributed by atoms with Gasteiger partial charge < -0.3 is 5.73 Å². The molecule has 2 nitrogen and oxygen atoms in total. The summed E-state index contributed by atoms with van der Waals surface area (Å²) >= 11 is 0. The second kappa shape index (κ2) is 13.6. The Morgan fingerprint density at radius 1 is 1.56 bits per heavy atom. The molecular formula is C5H8NORb2+. The van der Waals surface area contributed by atoms with Crippen LogP contribution in [0.4, 0.5) is 0 Å². The summed E-state index contributed by atoms with van der Waals surface area (Å²) in [7, 11) is 0. The summed E-state index contributed by atoms with van der Waals surface area (Å²) in [5, 5.41) is 0. The predicted molar refractivity (Wildman–Crippen MR) is 29.0 cm³/mol. The molecular weight excluding hydrogens is 261 g/mol. The van der Waals surface area contributed by atoms with Gasteiger partial charge in [0.15, 0.2) is 5.78 Å². The Labute approximate surface area is 154 Å². The van der Waals surface area contributed by atoms with Gasteiger partial charge in [-0.25, -0.2) is 0 Å². The van der Waals surface area contributed by atoms with Gasteiger partial charge in [0.25, 0.3) is 0 Å². The molecule has 0 atom stereocenters. The smallest absolute Gasteiger partial charge is 0.674 e. The number of ketones is 1. The molecule has 1 N–H and O–H groups in total. The van der Waals surface area contributed by atoms with Gasteiger partial charge in [-0.2, -0.15) is 0 Å². The van der Waals surface area contributed by atoms with Crippen molar-refractivity contribution in [3.05, 3.63) is 17.9 Å². The molecule has 0 unspecified atom stereocenters. The molecule has 40 valence electrons. The first-order valence-electron chi connectivity index (χ1n) is 2.09. The molecule has 0 heterocycles. The number of hydrogen-bond acceptors (Lipinski definition) is 1. The third-order valence-electron chi connectivity index (χ3n) is 0.470. The van der Waals surface area contributed by atoms with Crippen LogP contribution in [0.5, 0.6) is 0 Å². The number of nitrogens with one attached hydrogen (secondary N) is 1. The fourth-order valence-electron chi connectivity index (χ4n) is 0.225. The molecule has 0 amide bonds. The molecule has 0 radical (unpaired) electrons. The molecule has 0 aromatic carbocycles. The normalized spacial score (nSPS) is 7.78. The summed E-state index contributed by atoms with van der Waals surface area (Å²) in [6, 6.07) is 0. The van der Waals surface area contributed by atoms with Crippen molar-refractivity contribution < 1.29 is 121 Å². The van der Waals surface area contributed by atoms with Crippen LogP contribution in [0.15, 0.2) is 12.2 Å². The van der Waals surface area contributed by atoms with Gasteiger partial charge in [0, 0.05) is 0 Å². The zero-order chi connectivity index (χ0) is 5.70. The van der Waals surface area contributed by atoms with Gasteiger partial charge in [0.2, 0.25) is 0 Å². The van der Waals surface area contributed by atoms with Crippen molar-refractivity contribution in [2.24, 2.45) is 0 Å². The van der Waals surface area contributed by atoms with Gasteiger partial charge >= 0.3 is 116 Å². The Hall–Kier alpha value is 2.98. The fraction of sp³-hybridized carbons (Fsp3) is 0.400. The maximum absolute atomic E-state index is 10.0. The zero-order valence-corrected chi connectivity index (χ0v) is 16.1. The molecule has 0 spiro atoms. The van der Waals surface area contributed by atoms with Crippen LogP contribution in [-0.2, 0) is 4.79 Å². The van der Waals surface area contributed by atoms with E-state index in [1.54, 1.807) is 0 Å². The van der Waals surface area contributed by atoms with Gasteiger partial charge in [-0.15, -0.1) is 12.6 Å². The average Bonchev–Trinajstić information content (AvgIpc) is 1.61. The van der Waals surface area contributed by atoms with E-state index in [9.17, 15) is 4.79 Å². The van der Waals surface area contributed by atoms with E-state index < -0.39 is 0 Å². The summed E-state index contributed by atoms with van der Waals surface area (Å²) in [6.07, 6.45) is 2.91. The molecule has 0 aliphatic carbocycles. The predicted octanol–water partition coefficient (Wildman–Crippen LogP) is -4.81. The molecule has 0 aromatic rings. The first-order chi connectivity index (χ1) is 3.27. The zero-order valence-electron chi connectivity index (χ0n) is 6.27. The minimum absolute atomic E-state index is 0. The van der Waals surface area contributed by atoms with Gasteiger partial charge in [-0.3, -0.25) is 4.79 Å². The molecule has 9 heavy (non-hydrogen) atoms. The molecule has 4 heteroatoms. The van der Waals surface area contributed by atoms with Crippen LogP contribution in [0, 0.1) is 0 Å². The summed E-state index contributed by atoms with van der Waals surface area (Å²) in [5.74, 6) is 0.00671.